The molecule has 15 heteroatoms. The van der Waals surface area contributed by atoms with E-state index in [0.717, 1.165) is 17.5 Å². The van der Waals surface area contributed by atoms with Gasteiger partial charge in [-0.1, -0.05) is 6.07 Å². The van der Waals surface area contributed by atoms with Gasteiger partial charge in [-0.05, 0) is 58.6 Å². The van der Waals surface area contributed by atoms with E-state index in [1.54, 1.807) is 44.1 Å². The van der Waals surface area contributed by atoms with Gasteiger partial charge >= 0.3 is 0 Å². The van der Waals surface area contributed by atoms with Crippen LogP contribution in [0.25, 0.3) is 16.9 Å². The molecule has 14 nitrogen and oxygen atoms in total. The second-order valence-corrected chi connectivity index (χ2v) is 12.5. The van der Waals surface area contributed by atoms with Crippen molar-refractivity contribution in [2.75, 3.05) is 12.4 Å². The number of nitrogens with zero attached hydrogens (tertiary/aromatic N) is 8. The van der Waals surface area contributed by atoms with Crippen molar-refractivity contribution in [1.29, 1.82) is 0 Å². The fourth-order valence-corrected chi connectivity index (χ4v) is 5.88. The molecule has 1 saturated carbocycles. The molecule has 0 unspecified atom stereocenters. The van der Waals surface area contributed by atoms with Crippen LogP contribution < -0.4 is 10.6 Å². The molecule has 4 atom stereocenters. The minimum absolute atomic E-state index is 0.0772. The number of fused-ring (bicyclic) bond motifs is 1. The maximum atomic E-state index is 13.5. The van der Waals surface area contributed by atoms with Crippen molar-refractivity contribution in [3.63, 3.8) is 0 Å². The summed E-state index contributed by atoms with van der Waals surface area (Å²) < 4.78 is 22.3. The molecule has 0 aliphatic heterocycles. The Morgan fingerprint density at radius 1 is 1.22 bits per heavy atom. The first-order chi connectivity index (χ1) is 22.0. The maximum Gasteiger partial charge on any atom is 0.226 e. The lowest BCUT2D eigenvalue weighted by Gasteiger charge is -2.34. The molecule has 5 aromatic rings. The summed E-state index contributed by atoms with van der Waals surface area (Å²) in [4.78, 5) is 27.7. The van der Waals surface area contributed by atoms with Crippen LogP contribution in [-0.4, -0.2) is 74.5 Å². The number of carbonyl (C=O) groups excluding carboxylic acids is 1. The fraction of sp³-hybridized carbons (Fsp3) is 0.452. The number of rotatable bonds is 10. The number of halogens is 1. The third kappa shape index (κ3) is 6.74. The largest absolute Gasteiger partial charge is 0.389 e. The van der Waals surface area contributed by atoms with Gasteiger partial charge in [-0.15, -0.1) is 0 Å². The second kappa shape index (κ2) is 12.6. The van der Waals surface area contributed by atoms with Crippen molar-refractivity contribution in [2.45, 2.75) is 77.2 Å². The Morgan fingerprint density at radius 3 is 2.70 bits per heavy atom. The van der Waals surface area contributed by atoms with Crippen LogP contribution in [0.5, 0.6) is 0 Å². The van der Waals surface area contributed by atoms with Crippen LogP contribution >= 0.6 is 0 Å². The number of pyridine rings is 1. The number of amides is 1. The highest BCUT2D eigenvalue weighted by Gasteiger charge is 2.38. The summed E-state index contributed by atoms with van der Waals surface area (Å²) in [5, 5.41) is 33.3. The van der Waals surface area contributed by atoms with Gasteiger partial charge < -0.3 is 20.5 Å². The number of H-pyrrole nitrogens is 1. The van der Waals surface area contributed by atoms with E-state index in [9.17, 15) is 14.3 Å². The average Bonchev–Trinajstić information content (AvgIpc) is 3.76. The number of nitrogens with one attached hydrogen (secondary N) is 3. The number of aromatic nitrogens is 9. The lowest BCUT2D eigenvalue weighted by atomic mass is 9.78. The molecule has 0 bridgehead atoms. The van der Waals surface area contributed by atoms with Crippen molar-refractivity contribution in [3.05, 3.63) is 65.9 Å². The maximum absolute atomic E-state index is 13.5. The summed E-state index contributed by atoms with van der Waals surface area (Å²) in [6, 6.07) is 5.14. The van der Waals surface area contributed by atoms with Crippen molar-refractivity contribution in [2.24, 2.45) is 5.92 Å². The van der Waals surface area contributed by atoms with Crippen LogP contribution in [0, 0.1) is 18.7 Å². The molecule has 242 valence electrons. The molecule has 5 heterocycles. The number of aromatic amines is 1. The number of carbonyl (C=O) groups is 1. The average molecular weight is 632 g/mol. The van der Waals surface area contributed by atoms with E-state index >= 15 is 0 Å². The van der Waals surface area contributed by atoms with Crippen molar-refractivity contribution in [3.8, 4) is 5.82 Å². The second-order valence-electron chi connectivity index (χ2n) is 12.5. The Labute approximate surface area is 264 Å². The molecule has 1 aliphatic carbocycles. The van der Waals surface area contributed by atoms with E-state index in [1.165, 1.54) is 10.9 Å². The number of aliphatic hydroxyl groups is 1. The van der Waals surface area contributed by atoms with Gasteiger partial charge in [-0.2, -0.15) is 15.3 Å². The lowest BCUT2D eigenvalue weighted by Crippen LogP contribution is -2.42. The number of hydrogen-bond acceptors (Lipinski definition) is 10. The van der Waals surface area contributed by atoms with Gasteiger partial charge in [0.15, 0.2) is 23.1 Å². The molecule has 6 rings (SSSR count). The molecular formula is C31H38FN11O3. The number of aryl methyl sites for hydroxylation is 1. The molecule has 46 heavy (non-hydrogen) atoms. The number of ether oxygens (including phenoxy) is 1. The van der Waals surface area contributed by atoms with Gasteiger partial charge in [-0.3, -0.25) is 9.89 Å². The van der Waals surface area contributed by atoms with E-state index < -0.39 is 11.4 Å². The Hall–Kier alpha value is -4.76. The Kier molecular flexibility index (Phi) is 8.53. The molecule has 0 aromatic carbocycles. The van der Waals surface area contributed by atoms with Gasteiger partial charge in [0.25, 0.3) is 0 Å². The molecule has 0 spiro atoms. The molecule has 1 amide bonds. The lowest BCUT2D eigenvalue weighted by molar-refractivity contribution is -0.132. The monoisotopic (exact) mass is 631 g/mol. The van der Waals surface area contributed by atoms with Crippen molar-refractivity contribution in [1.82, 2.24) is 50.0 Å². The van der Waals surface area contributed by atoms with Gasteiger partial charge in [0, 0.05) is 31.0 Å². The Bertz CT molecular complexity index is 1830. The summed E-state index contributed by atoms with van der Waals surface area (Å²) in [5.41, 5.74) is 1.31. The van der Waals surface area contributed by atoms with E-state index in [4.69, 9.17) is 14.7 Å². The minimum atomic E-state index is -1.00. The zero-order chi connectivity index (χ0) is 32.6. The number of methoxy groups -OCH3 is 1. The van der Waals surface area contributed by atoms with Crippen LogP contribution in [-0.2, 0) is 16.1 Å². The van der Waals surface area contributed by atoms with Crippen LogP contribution in [0.1, 0.15) is 69.1 Å². The molecule has 1 fully saturated rings. The minimum Gasteiger partial charge on any atom is -0.389 e. The van der Waals surface area contributed by atoms with Gasteiger partial charge in [0.2, 0.25) is 5.91 Å². The summed E-state index contributed by atoms with van der Waals surface area (Å²) in [5.74, 6) is 1.27. The van der Waals surface area contributed by atoms with E-state index in [1.807, 2.05) is 26.0 Å². The quantitative estimate of drug-likeness (QED) is 0.177. The summed E-state index contributed by atoms with van der Waals surface area (Å²) in [6.07, 6.45) is 7.15. The third-order valence-corrected chi connectivity index (χ3v) is 8.21. The molecule has 4 N–H and O–H groups in total. The normalized spacial score (nSPS) is 19.3. The number of hydrogen-bond donors (Lipinski definition) is 4. The summed E-state index contributed by atoms with van der Waals surface area (Å²) >= 11 is 0. The SMILES string of the molecule is CO[C@H]1C[C@@H](c2nc(Nc3cc(C)[nH]n3)c3cnn(CC(C)(C)O)c3n2)CC[C@@H]1C(=O)N[C@@H](C)c1ccc(-n2cc(F)cn2)nc1. The van der Waals surface area contributed by atoms with Crippen LogP contribution in [0.2, 0.25) is 0 Å². The molecule has 5 aromatic heterocycles. The predicted molar refractivity (Wildman–Crippen MR) is 167 cm³/mol. The molecular weight excluding hydrogens is 593 g/mol. The highest BCUT2D eigenvalue weighted by molar-refractivity contribution is 5.88. The van der Waals surface area contributed by atoms with Gasteiger partial charge in [0.05, 0.1) is 54.2 Å². The third-order valence-electron chi connectivity index (χ3n) is 8.21. The topological polar surface area (TPSA) is 174 Å². The molecule has 1 aliphatic rings. The molecule has 0 saturated heterocycles. The summed E-state index contributed by atoms with van der Waals surface area (Å²) in [7, 11) is 1.62. The van der Waals surface area contributed by atoms with Crippen molar-refractivity contribution >= 4 is 28.6 Å². The van der Waals surface area contributed by atoms with Gasteiger partial charge in [0.1, 0.15) is 11.6 Å². The first kappa shape index (κ1) is 31.2. The van der Waals surface area contributed by atoms with Crippen LogP contribution in [0.4, 0.5) is 16.0 Å². The van der Waals surface area contributed by atoms with E-state index in [2.05, 4.69) is 36.0 Å². The van der Waals surface area contributed by atoms with Crippen molar-refractivity contribution < 1.29 is 19.0 Å². The Balaban J connectivity index is 1.19. The van der Waals surface area contributed by atoms with Crippen LogP contribution in [0.15, 0.2) is 43.0 Å². The summed E-state index contributed by atoms with van der Waals surface area (Å²) in [6.45, 7) is 7.50. The van der Waals surface area contributed by atoms with E-state index in [0.29, 0.717) is 53.6 Å². The zero-order valence-corrected chi connectivity index (χ0v) is 26.4. The zero-order valence-electron chi connectivity index (χ0n) is 26.4. The first-order valence-corrected chi connectivity index (χ1v) is 15.2. The molecule has 0 radical (unpaired) electrons. The number of anilines is 2. The highest BCUT2D eigenvalue weighted by atomic mass is 19.1. The van der Waals surface area contributed by atoms with Gasteiger partial charge in [-0.25, -0.2) is 28.7 Å². The standard InChI is InChI=1S/C31H38FN11O3/c1-17-10-25(41-40-17)37-28-23-14-35-43(16-31(3,4)45)29(23)39-27(38-28)19-6-8-22(24(11-19)46-5)30(44)36-18(2)20-7-9-26(33-12-20)42-15-21(32)13-34-42/h7,9-10,12-15,18-19,22,24,45H,6,8,11,16H2,1-5H3,(H,36,44)(H2,37,38,39,40,41)/t18-,19-,22-,24-/m0/s1. The van der Waals surface area contributed by atoms with Crippen LogP contribution in [0.3, 0.4) is 0 Å². The van der Waals surface area contributed by atoms with E-state index in [-0.39, 0.29) is 36.4 Å². The fourth-order valence-electron chi connectivity index (χ4n) is 5.88. The smallest absolute Gasteiger partial charge is 0.226 e. The first-order valence-electron chi connectivity index (χ1n) is 15.2. The Morgan fingerprint density at radius 2 is 2.04 bits per heavy atom. The predicted octanol–water partition coefficient (Wildman–Crippen LogP) is 3.87. The highest BCUT2D eigenvalue weighted by Crippen LogP contribution is 2.38.